The summed E-state index contributed by atoms with van der Waals surface area (Å²) in [6.07, 6.45) is 5.36. The molecule has 2 aliphatic rings. The number of rotatable bonds is 9. The summed E-state index contributed by atoms with van der Waals surface area (Å²) < 4.78 is 11.0. The maximum absolute atomic E-state index is 13.0. The van der Waals surface area contributed by atoms with E-state index in [1.807, 2.05) is 0 Å². The lowest BCUT2D eigenvalue weighted by atomic mass is 9.87. The zero-order chi connectivity index (χ0) is 27.8. The monoisotopic (exact) mass is 525 g/mol. The lowest BCUT2D eigenvalue weighted by Crippen LogP contribution is -2.47. The number of hydrogen-bond acceptors (Lipinski definition) is 8. The van der Waals surface area contributed by atoms with E-state index in [0.717, 1.165) is 24.2 Å². The van der Waals surface area contributed by atoms with Crippen LogP contribution in [0.3, 0.4) is 0 Å². The molecule has 4 amide bonds. The molecule has 1 saturated carbocycles. The largest absolute Gasteiger partial charge is 0.444 e. The molecule has 1 aliphatic carbocycles. The Morgan fingerprint density at radius 2 is 1.27 bits per heavy atom. The molecule has 11 nitrogen and oxygen atoms in total. The minimum absolute atomic E-state index is 0.0319. The number of hydroxylamine groups is 2. The average molecular weight is 526 g/mol. The first-order valence-electron chi connectivity index (χ1n) is 13.2. The Bertz CT molecular complexity index is 824. The van der Waals surface area contributed by atoms with Gasteiger partial charge in [-0.3, -0.25) is 14.5 Å². The minimum atomic E-state index is -0.958. The Morgan fingerprint density at radius 1 is 0.784 bits per heavy atom. The number of hydrogen-bond donors (Lipinski definition) is 0. The maximum atomic E-state index is 13.0. The molecule has 2 rings (SSSR count). The first-order valence-corrected chi connectivity index (χ1v) is 13.2. The highest BCUT2D eigenvalue weighted by Crippen LogP contribution is 2.26. The fourth-order valence-electron chi connectivity index (χ4n) is 4.18. The van der Waals surface area contributed by atoms with Gasteiger partial charge in [-0.25, -0.2) is 14.4 Å². The van der Waals surface area contributed by atoms with E-state index in [2.05, 4.69) is 0 Å². The molecule has 210 valence electrons. The van der Waals surface area contributed by atoms with Gasteiger partial charge in [-0.05, 0) is 53.9 Å². The molecular formula is C26H43N3O8. The molecule has 37 heavy (non-hydrogen) atoms. The summed E-state index contributed by atoms with van der Waals surface area (Å²) in [5, 5.41) is 0.437. The number of carbonyl (C=O) groups excluding carboxylic acids is 5. The second-order valence-corrected chi connectivity index (χ2v) is 11.7. The highest BCUT2D eigenvalue weighted by molar-refractivity contribution is 6.01. The molecule has 0 aromatic carbocycles. The zero-order valence-electron chi connectivity index (χ0n) is 23.2. The molecule has 0 N–H and O–H groups in total. The Morgan fingerprint density at radius 3 is 1.78 bits per heavy atom. The highest BCUT2D eigenvalue weighted by atomic mass is 16.7. The van der Waals surface area contributed by atoms with E-state index in [4.69, 9.17) is 14.3 Å². The van der Waals surface area contributed by atoms with Crippen molar-refractivity contribution in [3.8, 4) is 0 Å². The van der Waals surface area contributed by atoms with Crippen LogP contribution in [0.15, 0.2) is 0 Å². The molecule has 2 fully saturated rings. The maximum Gasteiger partial charge on any atom is 0.410 e. The summed E-state index contributed by atoms with van der Waals surface area (Å²) in [5.74, 6) is -1.64. The van der Waals surface area contributed by atoms with Gasteiger partial charge in [0.25, 0.3) is 11.8 Å². The average Bonchev–Trinajstić information content (AvgIpc) is 3.08. The number of carbonyl (C=O) groups is 5. The first-order chi connectivity index (χ1) is 17.1. The molecule has 0 aromatic heterocycles. The summed E-state index contributed by atoms with van der Waals surface area (Å²) in [7, 11) is 0. The Kier molecular flexibility index (Phi) is 10.8. The molecule has 1 saturated heterocycles. The van der Waals surface area contributed by atoms with E-state index in [1.54, 1.807) is 46.4 Å². The van der Waals surface area contributed by atoms with Crippen molar-refractivity contribution in [2.75, 3.05) is 26.2 Å². The van der Waals surface area contributed by atoms with E-state index in [1.165, 1.54) is 19.3 Å². The third-order valence-electron chi connectivity index (χ3n) is 5.99. The summed E-state index contributed by atoms with van der Waals surface area (Å²) >= 11 is 0. The standard InChI is InChI=1S/C26H43N3O8/c1-25(2,3)35-23(33)27(15-14-19-10-8-7-9-11-19)16-17-28(24(34)36-26(4,5)6)18-22(32)37-29-20(30)12-13-21(29)31/h19H,7-18H2,1-6H3. The van der Waals surface area contributed by atoms with Crippen LogP contribution in [0.5, 0.6) is 0 Å². The molecular weight excluding hydrogens is 482 g/mol. The molecule has 0 spiro atoms. The van der Waals surface area contributed by atoms with E-state index < -0.39 is 47.7 Å². The van der Waals surface area contributed by atoms with Crippen molar-refractivity contribution in [2.45, 2.75) is 104 Å². The van der Waals surface area contributed by atoms with Gasteiger partial charge < -0.3 is 19.2 Å². The van der Waals surface area contributed by atoms with Crippen LogP contribution in [0, 0.1) is 5.92 Å². The lowest BCUT2D eigenvalue weighted by molar-refractivity contribution is -0.197. The molecule has 0 unspecified atom stereocenters. The first kappa shape index (κ1) is 30.4. The Balaban J connectivity index is 2.10. The van der Waals surface area contributed by atoms with Crippen LogP contribution < -0.4 is 0 Å². The zero-order valence-corrected chi connectivity index (χ0v) is 23.2. The van der Waals surface area contributed by atoms with E-state index in [9.17, 15) is 24.0 Å². The van der Waals surface area contributed by atoms with E-state index >= 15 is 0 Å². The van der Waals surface area contributed by atoms with Crippen molar-refractivity contribution in [2.24, 2.45) is 5.92 Å². The van der Waals surface area contributed by atoms with Crippen molar-refractivity contribution in [1.82, 2.24) is 14.9 Å². The second-order valence-electron chi connectivity index (χ2n) is 11.7. The third-order valence-corrected chi connectivity index (χ3v) is 5.99. The molecule has 0 aromatic rings. The van der Waals surface area contributed by atoms with Crippen molar-refractivity contribution in [3.05, 3.63) is 0 Å². The van der Waals surface area contributed by atoms with Crippen LogP contribution in [0.25, 0.3) is 0 Å². The van der Waals surface area contributed by atoms with Crippen molar-refractivity contribution < 1.29 is 38.3 Å². The molecule has 1 aliphatic heterocycles. The summed E-state index contributed by atoms with van der Waals surface area (Å²) in [6, 6.07) is 0. The van der Waals surface area contributed by atoms with Crippen LogP contribution in [-0.2, 0) is 28.7 Å². The van der Waals surface area contributed by atoms with Crippen LogP contribution in [0.2, 0.25) is 0 Å². The molecule has 1 heterocycles. The molecule has 0 atom stereocenters. The van der Waals surface area contributed by atoms with Gasteiger partial charge in [0.2, 0.25) is 0 Å². The van der Waals surface area contributed by atoms with E-state index in [0.29, 0.717) is 17.5 Å². The van der Waals surface area contributed by atoms with Crippen molar-refractivity contribution in [3.63, 3.8) is 0 Å². The predicted molar refractivity (Wildman–Crippen MR) is 134 cm³/mol. The quantitative estimate of drug-likeness (QED) is 0.413. The van der Waals surface area contributed by atoms with Crippen molar-refractivity contribution >= 4 is 30.0 Å². The van der Waals surface area contributed by atoms with Gasteiger partial charge in [-0.15, -0.1) is 5.06 Å². The van der Waals surface area contributed by atoms with Gasteiger partial charge in [0.15, 0.2) is 0 Å². The lowest BCUT2D eigenvalue weighted by Gasteiger charge is -2.32. The molecule has 11 heteroatoms. The van der Waals surface area contributed by atoms with Crippen LogP contribution in [-0.4, -0.2) is 82.2 Å². The van der Waals surface area contributed by atoms with Gasteiger partial charge in [-0.1, -0.05) is 32.1 Å². The van der Waals surface area contributed by atoms with Gasteiger partial charge >= 0.3 is 18.2 Å². The smallest absolute Gasteiger partial charge is 0.410 e. The minimum Gasteiger partial charge on any atom is -0.444 e. The van der Waals surface area contributed by atoms with Gasteiger partial charge in [-0.2, -0.15) is 0 Å². The summed E-state index contributed by atoms with van der Waals surface area (Å²) in [4.78, 5) is 69.6. The number of amides is 4. The number of imide groups is 1. The summed E-state index contributed by atoms with van der Waals surface area (Å²) in [5.41, 5.74) is -1.52. The van der Waals surface area contributed by atoms with Gasteiger partial charge in [0, 0.05) is 32.5 Å². The van der Waals surface area contributed by atoms with Gasteiger partial charge in [0.05, 0.1) is 0 Å². The Hall–Kier alpha value is -2.85. The van der Waals surface area contributed by atoms with Gasteiger partial charge in [0.1, 0.15) is 17.7 Å². The van der Waals surface area contributed by atoms with Crippen LogP contribution >= 0.6 is 0 Å². The van der Waals surface area contributed by atoms with E-state index in [-0.39, 0.29) is 25.9 Å². The normalized spacial score (nSPS) is 17.0. The highest BCUT2D eigenvalue weighted by Gasteiger charge is 2.34. The fraction of sp³-hybridized carbons (Fsp3) is 0.808. The SMILES string of the molecule is CC(C)(C)OC(=O)N(CCC1CCCCC1)CCN(CC(=O)ON1C(=O)CCC1=O)C(=O)OC(C)(C)C. The molecule has 0 radical (unpaired) electrons. The summed E-state index contributed by atoms with van der Waals surface area (Å²) in [6.45, 7) is 10.4. The number of ether oxygens (including phenoxy) is 2. The van der Waals surface area contributed by atoms with Crippen molar-refractivity contribution in [1.29, 1.82) is 0 Å². The third kappa shape index (κ3) is 11.0. The van der Waals surface area contributed by atoms with Crippen LogP contribution in [0.4, 0.5) is 9.59 Å². The second kappa shape index (κ2) is 13.1. The topological polar surface area (TPSA) is 123 Å². The molecule has 0 bridgehead atoms. The fourth-order valence-corrected chi connectivity index (χ4v) is 4.18. The predicted octanol–water partition coefficient (Wildman–Crippen LogP) is 4.04. The number of nitrogens with zero attached hydrogens (tertiary/aromatic N) is 3. The van der Waals surface area contributed by atoms with Crippen LogP contribution in [0.1, 0.15) is 92.9 Å². The Labute approximate surface area is 219 Å².